The van der Waals surface area contributed by atoms with Gasteiger partial charge >= 0.3 is 6.08 Å². The number of halogens is 1. The second-order valence-electron chi connectivity index (χ2n) is 8.84. The third-order valence-electron chi connectivity index (χ3n) is 6.28. The van der Waals surface area contributed by atoms with Crippen LogP contribution in [0.5, 0.6) is 17.6 Å². The number of carbonyl (C=O) groups excluding carboxylic acids is 1. The minimum Gasteiger partial charge on any atom is -0.486 e. The average Bonchev–Trinajstić information content (AvgIpc) is 3.18. The molecule has 32 heavy (non-hydrogen) atoms. The summed E-state index contributed by atoms with van der Waals surface area (Å²) in [4.78, 5) is 12.4. The highest BCUT2D eigenvalue weighted by Gasteiger charge is 2.71. The molecule has 0 amide bonds. The van der Waals surface area contributed by atoms with Crippen LogP contribution in [0, 0.1) is 29.5 Å². The van der Waals surface area contributed by atoms with Crippen molar-refractivity contribution in [3.8, 4) is 23.6 Å². The fourth-order valence-electron chi connectivity index (χ4n) is 4.90. The quantitative estimate of drug-likeness (QED) is 0.510. The Morgan fingerprint density at radius 3 is 2.75 bits per heavy atom. The van der Waals surface area contributed by atoms with Crippen LogP contribution in [0.2, 0.25) is 0 Å². The molecule has 3 aliphatic rings. The van der Waals surface area contributed by atoms with Gasteiger partial charge in [-0.1, -0.05) is 17.2 Å². The summed E-state index contributed by atoms with van der Waals surface area (Å²) in [5.41, 5.74) is 0.776. The Hall–Kier alpha value is -3.73. The lowest BCUT2D eigenvalue weighted by Gasteiger charge is -2.68. The Balaban J connectivity index is 1.13. The first-order chi connectivity index (χ1) is 15.4. The van der Waals surface area contributed by atoms with E-state index >= 15 is 0 Å². The number of aromatic nitrogens is 2. The monoisotopic (exact) mass is 433 g/mol. The Bertz CT molecular complexity index is 1230. The smallest absolute Gasteiger partial charge is 0.420 e. The zero-order valence-corrected chi connectivity index (χ0v) is 17.4. The van der Waals surface area contributed by atoms with Crippen LogP contribution in [0.15, 0.2) is 46.9 Å². The van der Waals surface area contributed by atoms with Gasteiger partial charge in [-0.15, -0.1) is 5.10 Å². The highest BCUT2D eigenvalue weighted by atomic mass is 19.1. The molecule has 0 N–H and O–H groups in total. The standard InChI is InChI=1S/C24H20FN3O4/c1-15-5-6-18(8-20(15)25)30-11-17(29)9-23-12-24(13-23,14-23)21-27-28-22(32-21)31-19-4-2-3-16(7-19)10-26/h2-8H,9,11-14H2,1H3. The number of rotatable bonds is 8. The van der Waals surface area contributed by atoms with Crippen LogP contribution in [-0.4, -0.2) is 22.6 Å². The molecule has 3 fully saturated rings. The van der Waals surface area contributed by atoms with Crippen molar-refractivity contribution < 1.29 is 23.1 Å². The zero-order valence-electron chi connectivity index (χ0n) is 17.4. The van der Waals surface area contributed by atoms with Crippen LogP contribution >= 0.6 is 0 Å². The van der Waals surface area contributed by atoms with Crippen LogP contribution in [-0.2, 0) is 10.2 Å². The van der Waals surface area contributed by atoms with Crippen molar-refractivity contribution >= 4 is 5.78 Å². The first-order valence-corrected chi connectivity index (χ1v) is 10.3. The number of Topliss-reactive ketones (excluding diaryl/α,β-unsaturated/α-hetero) is 1. The summed E-state index contributed by atoms with van der Waals surface area (Å²) >= 11 is 0. The molecule has 2 bridgehead atoms. The van der Waals surface area contributed by atoms with E-state index in [1.54, 1.807) is 43.3 Å². The molecule has 3 saturated carbocycles. The zero-order chi connectivity index (χ0) is 22.3. The summed E-state index contributed by atoms with van der Waals surface area (Å²) in [5, 5.41) is 17.1. The van der Waals surface area contributed by atoms with Gasteiger partial charge in [-0.3, -0.25) is 4.79 Å². The summed E-state index contributed by atoms with van der Waals surface area (Å²) in [6.07, 6.45) is 2.86. The van der Waals surface area contributed by atoms with Crippen molar-refractivity contribution in [3.63, 3.8) is 0 Å². The molecule has 1 aromatic heterocycles. The number of hydrogen-bond acceptors (Lipinski definition) is 7. The number of hydrogen-bond donors (Lipinski definition) is 0. The molecular weight excluding hydrogens is 413 g/mol. The van der Waals surface area contributed by atoms with Gasteiger partial charge in [0, 0.05) is 12.5 Å². The largest absolute Gasteiger partial charge is 0.486 e. The maximum atomic E-state index is 13.6. The van der Waals surface area contributed by atoms with Gasteiger partial charge in [0.05, 0.1) is 17.0 Å². The molecular formula is C24H20FN3O4. The molecule has 8 heteroatoms. The third kappa shape index (κ3) is 3.60. The van der Waals surface area contributed by atoms with Gasteiger partial charge in [-0.2, -0.15) is 5.26 Å². The molecule has 0 aliphatic heterocycles. The molecule has 0 radical (unpaired) electrons. The number of carbonyl (C=O) groups is 1. The number of aryl methyl sites for hydroxylation is 1. The number of nitriles is 1. The van der Waals surface area contributed by atoms with Crippen molar-refractivity contribution in [1.29, 1.82) is 5.26 Å². The lowest BCUT2D eigenvalue weighted by molar-refractivity contribution is -0.168. The predicted octanol–water partition coefficient (Wildman–Crippen LogP) is 4.64. The van der Waals surface area contributed by atoms with Gasteiger partial charge in [0.25, 0.3) is 0 Å². The number of benzene rings is 2. The van der Waals surface area contributed by atoms with E-state index in [4.69, 9.17) is 19.2 Å². The van der Waals surface area contributed by atoms with Gasteiger partial charge < -0.3 is 13.9 Å². The highest BCUT2D eigenvalue weighted by Crippen LogP contribution is 2.74. The summed E-state index contributed by atoms with van der Waals surface area (Å²) in [5.74, 6) is 0.967. The molecule has 1 heterocycles. The van der Waals surface area contributed by atoms with Crippen molar-refractivity contribution in [1.82, 2.24) is 10.2 Å². The van der Waals surface area contributed by atoms with Gasteiger partial charge in [-0.05, 0) is 61.4 Å². The van der Waals surface area contributed by atoms with E-state index in [-0.39, 0.29) is 35.1 Å². The minimum atomic E-state index is -0.350. The first kappa shape index (κ1) is 20.2. The Kier molecular flexibility index (Phi) is 4.70. The normalized spacial score (nSPS) is 22.9. The van der Waals surface area contributed by atoms with Crippen LogP contribution in [0.25, 0.3) is 0 Å². The Labute approximate surface area is 183 Å². The van der Waals surface area contributed by atoms with E-state index < -0.39 is 0 Å². The molecule has 0 atom stereocenters. The molecule has 0 spiro atoms. The van der Waals surface area contributed by atoms with Crippen LogP contribution in [0.1, 0.15) is 42.7 Å². The predicted molar refractivity (Wildman–Crippen MR) is 110 cm³/mol. The molecule has 0 unspecified atom stereocenters. The van der Waals surface area contributed by atoms with E-state index in [2.05, 4.69) is 16.3 Å². The highest BCUT2D eigenvalue weighted by molar-refractivity contribution is 5.81. The SMILES string of the molecule is Cc1ccc(OCC(=O)CC23CC(c4nnc(Oc5cccc(C#N)c5)o4)(C2)C3)cc1F. The molecule has 3 aromatic rings. The van der Waals surface area contributed by atoms with Crippen molar-refractivity contribution in [3.05, 3.63) is 65.3 Å². The Morgan fingerprint density at radius 1 is 1.19 bits per heavy atom. The Morgan fingerprint density at radius 2 is 2.00 bits per heavy atom. The maximum Gasteiger partial charge on any atom is 0.420 e. The fraction of sp³-hybridized carbons (Fsp3) is 0.333. The third-order valence-corrected chi connectivity index (χ3v) is 6.28. The van der Waals surface area contributed by atoms with E-state index in [1.807, 2.05) is 0 Å². The fourth-order valence-corrected chi connectivity index (χ4v) is 4.90. The number of nitrogens with zero attached hydrogens (tertiary/aromatic N) is 3. The van der Waals surface area contributed by atoms with Crippen molar-refractivity contribution in [2.75, 3.05) is 6.61 Å². The summed E-state index contributed by atoms with van der Waals surface area (Å²) in [6, 6.07) is 13.3. The second-order valence-corrected chi connectivity index (χ2v) is 8.84. The van der Waals surface area contributed by atoms with Crippen LogP contribution in [0.3, 0.4) is 0 Å². The molecule has 0 saturated heterocycles. The van der Waals surface area contributed by atoms with E-state index in [1.165, 1.54) is 6.07 Å². The van der Waals surface area contributed by atoms with Gasteiger partial charge in [-0.25, -0.2) is 4.39 Å². The maximum absolute atomic E-state index is 13.6. The lowest BCUT2D eigenvalue weighted by atomic mass is 9.34. The van der Waals surface area contributed by atoms with E-state index in [9.17, 15) is 9.18 Å². The summed E-state index contributed by atoms with van der Waals surface area (Å²) in [6.45, 7) is 1.60. The van der Waals surface area contributed by atoms with Gasteiger partial charge in [0.1, 0.15) is 23.9 Å². The molecule has 7 nitrogen and oxygen atoms in total. The average molecular weight is 433 g/mol. The minimum absolute atomic E-state index is 0.00814. The van der Waals surface area contributed by atoms with E-state index in [0.717, 1.165) is 19.3 Å². The summed E-state index contributed by atoms with van der Waals surface area (Å²) in [7, 11) is 0. The molecule has 162 valence electrons. The number of ether oxygens (including phenoxy) is 2. The van der Waals surface area contributed by atoms with Crippen molar-refractivity contribution in [2.24, 2.45) is 5.41 Å². The van der Waals surface area contributed by atoms with E-state index in [0.29, 0.717) is 34.9 Å². The molecule has 6 rings (SSSR count). The topological polar surface area (TPSA) is 98.2 Å². The molecule has 2 aromatic carbocycles. The van der Waals surface area contributed by atoms with Gasteiger partial charge in [0.2, 0.25) is 5.89 Å². The van der Waals surface area contributed by atoms with Crippen LogP contribution in [0.4, 0.5) is 4.39 Å². The summed E-state index contributed by atoms with van der Waals surface area (Å²) < 4.78 is 30.3. The number of ketones is 1. The second kappa shape index (κ2) is 7.45. The van der Waals surface area contributed by atoms with Gasteiger partial charge in [0.15, 0.2) is 5.78 Å². The first-order valence-electron chi connectivity index (χ1n) is 10.3. The molecule has 3 aliphatic carbocycles. The lowest BCUT2D eigenvalue weighted by Crippen LogP contribution is -2.65. The van der Waals surface area contributed by atoms with Crippen LogP contribution < -0.4 is 9.47 Å². The van der Waals surface area contributed by atoms with Crippen molar-refractivity contribution in [2.45, 2.75) is 38.0 Å².